The summed E-state index contributed by atoms with van der Waals surface area (Å²) in [6.45, 7) is 0.512. The third-order valence-electron chi connectivity index (χ3n) is 4.77. The van der Waals surface area contributed by atoms with Crippen molar-refractivity contribution in [2.24, 2.45) is 17.8 Å². The normalized spacial score (nSPS) is 34.0. The van der Waals surface area contributed by atoms with E-state index in [0.29, 0.717) is 6.61 Å². The number of para-hydroxylation sites is 1. The summed E-state index contributed by atoms with van der Waals surface area (Å²) < 4.78 is 10.8. The lowest BCUT2D eigenvalue weighted by Crippen LogP contribution is -2.58. The van der Waals surface area contributed by atoms with Gasteiger partial charge in [-0.1, -0.05) is 18.2 Å². The van der Waals surface area contributed by atoms with Crippen molar-refractivity contribution in [1.29, 1.82) is 0 Å². The Kier molecular flexibility index (Phi) is 2.31. The minimum absolute atomic E-state index is 0.00400. The first-order valence-corrected chi connectivity index (χ1v) is 6.78. The molecule has 20 heavy (non-hydrogen) atoms. The Morgan fingerprint density at radius 2 is 1.95 bits per heavy atom. The zero-order chi connectivity index (χ0) is 13.9. The van der Waals surface area contributed by atoms with E-state index >= 15 is 0 Å². The number of Topliss-reactive ketones (excluding diaryl/α,β-unsaturated/α-hetero) is 1. The van der Waals surface area contributed by atoms with Crippen LogP contribution in [0.15, 0.2) is 36.1 Å². The minimum Gasteiger partial charge on any atom is -0.493 e. The quantitative estimate of drug-likeness (QED) is 0.779. The monoisotopic (exact) mass is 270 g/mol. The Balaban J connectivity index is 1.79. The van der Waals surface area contributed by atoms with Crippen molar-refractivity contribution in [2.45, 2.75) is 5.92 Å². The lowest BCUT2D eigenvalue weighted by Gasteiger charge is -2.53. The molecule has 4 atom stereocenters. The summed E-state index contributed by atoms with van der Waals surface area (Å²) in [7, 11) is 1.44. The zero-order valence-corrected chi connectivity index (χ0v) is 11.0. The number of hydrogen-bond acceptors (Lipinski definition) is 4. The number of carbonyl (C=O) groups is 2. The van der Waals surface area contributed by atoms with Crippen molar-refractivity contribution in [1.82, 2.24) is 0 Å². The maximum absolute atomic E-state index is 12.4. The molecule has 1 aromatic carbocycles. The number of benzene rings is 1. The molecule has 0 N–H and O–H groups in total. The van der Waals surface area contributed by atoms with Gasteiger partial charge in [-0.25, -0.2) is 0 Å². The second-order valence-corrected chi connectivity index (χ2v) is 5.57. The summed E-state index contributed by atoms with van der Waals surface area (Å²) in [5.41, 5.74) is 1.04. The van der Waals surface area contributed by atoms with Crippen LogP contribution in [-0.4, -0.2) is 25.3 Å². The van der Waals surface area contributed by atoms with Gasteiger partial charge in [-0.3, -0.25) is 9.59 Å². The Hall–Kier alpha value is -2.10. The summed E-state index contributed by atoms with van der Waals surface area (Å²) in [6.07, 6.45) is 1.35. The maximum atomic E-state index is 12.4. The van der Waals surface area contributed by atoms with E-state index in [1.807, 2.05) is 24.3 Å². The Labute approximate surface area is 116 Å². The highest BCUT2D eigenvalue weighted by Gasteiger charge is 2.61. The highest BCUT2D eigenvalue weighted by molar-refractivity contribution is 6.11. The first-order valence-electron chi connectivity index (χ1n) is 6.78. The van der Waals surface area contributed by atoms with E-state index in [1.54, 1.807) is 0 Å². The second-order valence-electron chi connectivity index (χ2n) is 5.57. The molecule has 3 aliphatic rings. The molecular weight excluding hydrogens is 256 g/mol. The van der Waals surface area contributed by atoms with Crippen LogP contribution >= 0.6 is 0 Å². The number of hydrogen-bond donors (Lipinski definition) is 0. The molecule has 102 valence electrons. The van der Waals surface area contributed by atoms with Crippen molar-refractivity contribution in [3.8, 4) is 5.75 Å². The van der Waals surface area contributed by atoms with Crippen molar-refractivity contribution >= 4 is 11.6 Å². The predicted molar refractivity (Wildman–Crippen MR) is 70.3 cm³/mol. The summed E-state index contributed by atoms with van der Waals surface area (Å²) >= 11 is 0. The van der Waals surface area contributed by atoms with E-state index in [9.17, 15) is 9.59 Å². The summed E-state index contributed by atoms with van der Waals surface area (Å²) in [5, 5.41) is 0. The van der Waals surface area contributed by atoms with Gasteiger partial charge in [0.2, 0.25) is 5.78 Å². The molecule has 0 spiro atoms. The van der Waals surface area contributed by atoms with E-state index in [0.717, 1.165) is 11.3 Å². The molecule has 4 nitrogen and oxygen atoms in total. The Bertz CT molecular complexity index is 646. The Morgan fingerprint density at radius 3 is 2.75 bits per heavy atom. The smallest absolute Gasteiger partial charge is 0.201 e. The fraction of sp³-hybridized carbons (Fsp3) is 0.375. The van der Waals surface area contributed by atoms with Crippen molar-refractivity contribution in [2.75, 3.05) is 13.7 Å². The molecule has 0 radical (unpaired) electrons. The minimum atomic E-state index is -0.280. The predicted octanol–water partition coefficient (Wildman–Crippen LogP) is 1.71. The molecular formula is C16H14O4. The highest BCUT2D eigenvalue weighted by atomic mass is 16.5. The average molecular weight is 270 g/mol. The molecule has 0 amide bonds. The summed E-state index contributed by atoms with van der Waals surface area (Å²) in [5.74, 6) is 0.656. The van der Waals surface area contributed by atoms with Gasteiger partial charge >= 0.3 is 0 Å². The lowest BCUT2D eigenvalue weighted by atomic mass is 9.50. The number of allylic oxidation sites excluding steroid dienone is 2. The summed E-state index contributed by atoms with van der Waals surface area (Å²) in [4.78, 5) is 24.6. The maximum Gasteiger partial charge on any atom is 0.201 e. The molecule has 2 aliphatic carbocycles. The van der Waals surface area contributed by atoms with Crippen LogP contribution in [0.2, 0.25) is 0 Å². The van der Waals surface area contributed by atoms with Gasteiger partial charge in [0.1, 0.15) is 5.75 Å². The first-order chi connectivity index (χ1) is 9.72. The SMILES string of the molecule is COC1=CC(=O)C2C(C1=O)[C@@H]1c3ccccc3OC[C@H]21. The number of fused-ring (bicyclic) bond motifs is 6. The molecule has 1 saturated carbocycles. The second kappa shape index (κ2) is 3.95. The van der Waals surface area contributed by atoms with E-state index in [-0.39, 0.29) is 41.0 Å². The molecule has 4 rings (SSSR count). The number of methoxy groups -OCH3 is 1. The molecule has 4 heteroatoms. The fourth-order valence-corrected chi connectivity index (χ4v) is 3.87. The van der Waals surface area contributed by atoms with Gasteiger partial charge in [0.25, 0.3) is 0 Å². The van der Waals surface area contributed by atoms with Gasteiger partial charge in [-0.05, 0) is 11.6 Å². The van der Waals surface area contributed by atoms with Crippen molar-refractivity contribution < 1.29 is 19.1 Å². The van der Waals surface area contributed by atoms with E-state index in [4.69, 9.17) is 9.47 Å². The number of rotatable bonds is 1. The van der Waals surface area contributed by atoms with Crippen LogP contribution in [0.4, 0.5) is 0 Å². The molecule has 2 unspecified atom stereocenters. The van der Waals surface area contributed by atoms with Crippen molar-refractivity contribution in [3.05, 3.63) is 41.7 Å². The van der Waals surface area contributed by atoms with Crippen LogP contribution in [0.25, 0.3) is 0 Å². The van der Waals surface area contributed by atoms with E-state index in [2.05, 4.69) is 0 Å². The van der Waals surface area contributed by atoms with Gasteiger partial charge in [-0.15, -0.1) is 0 Å². The fourth-order valence-electron chi connectivity index (χ4n) is 3.87. The molecule has 1 fully saturated rings. The molecule has 0 aromatic heterocycles. The van der Waals surface area contributed by atoms with E-state index in [1.165, 1.54) is 13.2 Å². The zero-order valence-electron chi connectivity index (χ0n) is 11.0. The topological polar surface area (TPSA) is 52.6 Å². The molecule has 1 aliphatic heterocycles. The van der Waals surface area contributed by atoms with Gasteiger partial charge in [0.15, 0.2) is 11.5 Å². The standard InChI is InChI=1S/C16H14O4/c1-19-12-6-10(17)14-9-7-20-11-5-3-2-4-8(11)13(9)15(14)16(12)18/h2-6,9,13-15H,7H2,1H3/t9-,13+,14?,15?/m0/s1. The third kappa shape index (κ3) is 1.31. The van der Waals surface area contributed by atoms with Gasteiger partial charge in [-0.2, -0.15) is 0 Å². The average Bonchev–Trinajstić information content (AvgIpc) is 2.44. The number of ketones is 2. The van der Waals surface area contributed by atoms with Crippen LogP contribution in [0.3, 0.4) is 0 Å². The largest absolute Gasteiger partial charge is 0.493 e. The summed E-state index contributed by atoms with van der Waals surface area (Å²) in [6, 6.07) is 7.77. The van der Waals surface area contributed by atoms with Gasteiger partial charge in [0, 0.05) is 29.7 Å². The van der Waals surface area contributed by atoms with Crippen molar-refractivity contribution in [3.63, 3.8) is 0 Å². The molecule has 0 bridgehead atoms. The van der Waals surface area contributed by atoms with E-state index < -0.39 is 0 Å². The number of ether oxygens (including phenoxy) is 2. The highest BCUT2D eigenvalue weighted by Crippen LogP contribution is 2.59. The third-order valence-corrected chi connectivity index (χ3v) is 4.77. The Morgan fingerprint density at radius 1 is 1.15 bits per heavy atom. The number of carbonyl (C=O) groups excluding carboxylic acids is 2. The molecule has 0 saturated heterocycles. The first kappa shape index (κ1) is 11.7. The van der Waals surface area contributed by atoms with Crippen LogP contribution in [-0.2, 0) is 14.3 Å². The molecule has 1 aromatic rings. The molecule has 1 heterocycles. The van der Waals surface area contributed by atoms with Gasteiger partial charge < -0.3 is 9.47 Å². The van der Waals surface area contributed by atoms with Crippen LogP contribution < -0.4 is 4.74 Å². The van der Waals surface area contributed by atoms with Crippen LogP contribution in [0, 0.1) is 17.8 Å². The van der Waals surface area contributed by atoms with Crippen LogP contribution in [0.1, 0.15) is 11.5 Å². The lowest BCUT2D eigenvalue weighted by molar-refractivity contribution is -0.148. The van der Waals surface area contributed by atoms with Gasteiger partial charge in [0.05, 0.1) is 13.7 Å². The van der Waals surface area contributed by atoms with Crippen LogP contribution in [0.5, 0.6) is 5.75 Å².